The molecule has 2 heterocycles. The number of sulfonamides is 1. The number of carbonyl (C=O) groups is 1. The van der Waals surface area contributed by atoms with Gasteiger partial charge < -0.3 is 9.72 Å². The number of amides is 1. The number of hydrogen-bond acceptors (Lipinski definition) is 8. The molecule has 39 heavy (non-hydrogen) atoms. The van der Waals surface area contributed by atoms with Gasteiger partial charge in [0.05, 0.1) is 19.8 Å². The van der Waals surface area contributed by atoms with Crippen LogP contribution in [-0.4, -0.2) is 47.6 Å². The van der Waals surface area contributed by atoms with E-state index < -0.39 is 32.7 Å². The number of nitrogens with zero attached hydrogens (tertiary/aromatic N) is 3. The summed E-state index contributed by atoms with van der Waals surface area (Å²) in [5.41, 5.74) is 0.701. The maximum absolute atomic E-state index is 13.4. The molecule has 0 aliphatic rings. The number of H-pyrrole nitrogens is 1. The summed E-state index contributed by atoms with van der Waals surface area (Å²) in [4.78, 5) is 32.3. The van der Waals surface area contributed by atoms with Gasteiger partial charge in [0.2, 0.25) is 10.0 Å². The highest BCUT2D eigenvalue weighted by Crippen LogP contribution is 2.29. The van der Waals surface area contributed by atoms with Crippen LogP contribution >= 0.6 is 27.3 Å². The maximum Gasteiger partial charge on any atom is 0.416 e. The Bertz CT molecular complexity index is 1590. The minimum atomic E-state index is -4.13. The first-order valence-corrected chi connectivity index (χ1v) is 14.9. The molecule has 0 aliphatic heterocycles. The van der Waals surface area contributed by atoms with E-state index in [2.05, 4.69) is 30.6 Å². The second-order valence-electron chi connectivity index (χ2n) is 9.67. The van der Waals surface area contributed by atoms with Crippen molar-refractivity contribution in [2.24, 2.45) is 0 Å². The number of nitro groups is 1. The molecular weight excluding hydrogens is 610 g/mol. The SMILES string of the molecule is CC(C)(C)OC(=O)N(CC(Cc1c[nH]c2ccccc12)NS(=O)(=O)c1ccc([N+](=O)[O-])cc1)c1ncc(Br)s1. The highest BCUT2D eigenvalue weighted by Gasteiger charge is 2.31. The predicted octanol–water partition coefficient (Wildman–Crippen LogP) is 5.63. The predicted molar refractivity (Wildman–Crippen MR) is 153 cm³/mol. The van der Waals surface area contributed by atoms with Crippen LogP contribution in [0.2, 0.25) is 0 Å². The van der Waals surface area contributed by atoms with Crippen molar-refractivity contribution >= 4 is 65.1 Å². The number of rotatable bonds is 9. The van der Waals surface area contributed by atoms with Crippen LogP contribution in [0.25, 0.3) is 10.9 Å². The minimum Gasteiger partial charge on any atom is -0.443 e. The first-order chi connectivity index (χ1) is 18.3. The number of ether oxygens (including phenoxy) is 1. The first kappa shape index (κ1) is 28.7. The molecule has 1 amide bonds. The lowest BCUT2D eigenvalue weighted by Crippen LogP contribution is -2.48. The van der Waals surface area contributed by atoms with Gasteiger partial charge in [0.1, 0.15) is 5.60 Å². The number of hydrogen-bond donors (Lipinski definition) is 2. The molecule has 11 nitrogen and oxygen atoms in total. The molecule has 2 aromatic heterocycles. The minimum absolute atomic E-state index is 0.0966. The summed E-state index contributed by atoms with van der Waals surface area (Å²) >= 11 is 4.57. The number of nitrogens with one attached hydrogen (secondary N) is 2. The Balaban J connectivity index is 1.70. The number of para-hydroxylation sites is 1. The van der Waals surface area contributed by atoms with E-state index in [9.17, 15) is 23.3 Å². The van der Waals surface area contributed by atoms with Crippen LogP contribution < -0.4 is 9.62 Å². The molecule has 206 valence electrons. The zero-order valence-corrected chi connectivity index (χ0v) is 24.5. The van der Waals surface area contributed by atoms with Crippen LogP contribution in [0, 0.1) is 10.1 Å². The quantitative estimate of drug-likeness (QED) is 0.179. The van der Waals surface area contributed by atoms with E-state index in [0.29, 0.717) is 8.92 Å². The van der Waals surface area contributed by atoms with Crippen molar-refractivity contribution < 1.29 is 22.9 Å². The van der Waals surface area contributed by atoms with E-state index in [1.54, 1.807) is 33.2 Å². The smallest absolute Gasteiger partial charge is 0.416 e. The van der Waals surface area contributed by atoms with Crippen molar-refractivity contribution in [3.63, 3.8) is 0 Å². The van der Waals surface area contributed by atoms with E-state index in [-0.39, 0.29) is 23.5 Å². The van der Waals surface area contributed by atoms with Crippen LogP contribution in [0.15, 0.2) is 69.6 Å². The van der Waals surface area contributed by atoms with Crippen molar-refractivity contribution in [2.75, 3.05) is 11.4 Å². The Kier molecular flexibility index (Phi) is 8.39. The fourth-order valence-corrected chi connectivity index (χ4v) is 6.29. The van der Waals surface area contributed by atoms with Crippen LogP contribution in [-0.2, 0) is 21.2 Å². The van der Waals surface area contributed by atoms with Crippen molar-refractivity contribution in [3.8, 4) is 0 Å². The Morgan fingerprint density at radius 3 is 2.54 bits per heavy atom. The molecular formula is C25H26BrN5O6S2. The van der Waals surface area contributed by atoms with E-state index in [0.717, 1.165) is 28.6 Å². The molecule has 0 aliphatic carbocycles. The number of non-ortho nitro benzene ring substituents is 1. The third-order valence-corrected chi connectivity index (χ3v) is 8.57. The molecule has 4 aromatic rings. The van der Waals surface area contributed by atoms with Gasteiger partial charge in [-0.3, -0.25) is 15.0 Å². The zero-order chi connectivity index (χ0) is 28.4. The molecule has 14 heteroatoms. The molecule has 0 saturated carbocycles. The van der Waals surface area contributed by atoms with E-state index >= 15 is 0 Å². The van der Waals surface area contributed by atoms with E-state index in [1.807, 2.05) is 24.3 Å². The summed E-state index contributed by atoms with van der Waals surface area (Å²) in [5.74, 6) is 0. The van der Waals surface area contributed by atoms with Gasteiger partial charge in [0, 0.05) is 41.8 Å². The summed E-state index contributed by atoms with van der Waals surface area (Å²) in [7, 11) is -4.13. The molecule has 4 rings (SSSR count). The van der Waals surface area contributed by atoms with Gasteiger partial charge in [0.15, 0.2) is 5.13 Å². The van der Waals surface area contributed by atoms with Crippen LogP contribution in [0.4, 0.5) is 15.6 Å². The van der Waals surface area contributed by atoms with Gasteiger partial charge in [-0.15, -0.1) is 0 Å². The summed E-state index contributed by atoms with van der Waals surface area (Å²) in [5, 5.41) is 12.3. The number of benzene rings is 2. The maximum atomic E-state index is 13.4. The molecule has 1 unspecified atom stereocenters. The Morgan fingerprint density at radius 2 is 1.92 bits per heavy atom. The second kappa shape index (κ2) is 11.4. The largest absolute Gasteiger partial charge is 0.443 e. The lowest BCUT2D eigenvalue weighted by atomic mass is 10.1. The standard InChI is InChI=1S/C25H26BrN5O6S2/c1-25(2,3)37-24(32)30(23-28-14-22(26)38-23)15-17(12-16-13-27-21-7-5-4-6-20(16)21)29-39(35,36)19-10-8-18(9-11-19)31(33)34/h4-11,13-14,17,27,29H,12,15H2,1-3H3. The first-order valence-electron chi connectivity index (χ1n) is 11.8. The third kappa shape index (κ3) is 7.20. The Labute approximate surface area is 237 Å². The average molecular weight is 637 g/mol. The number of carbonyl (C=O) groups excluding carboxylic acids is 1. The number of thiazole rings is 1. The highest BCUT2D eigenvalue weighted by molar-refractivity contribution is 9.11. The summed E-state index contributed by atoms with van der Waals surface area (Å²) in [6, 6.07) is 11.4. The van der Waals surface area contributed by atoms with Crippen LogP contribution in [0.3, 0.4) is 0 Å². The highest BCUT2D eigenvalue weighted by atomic mass is 79.9. The van der Waals surface area contributed by atoms with Crippen molar-refractivity contribution in [2.45, 2.75) is 43.7 Å². The van der Waals surface area contributed by atoms with Crippen LogP contribution in [0.1, 0.15) is 26.3 Å². The number of aromatic amines is 1. The summed E-state index contributed by atoms with van der Waals surface area (Å²) in [6.45, 7) is 5.12. The van der Waals surface area contributed by atoms with Gasteiger partial charge in [-0.1, -0.05) is 29.5 Å². The van der Waals surface area contributed by atoms with Crippen molar-refractivity contribution in [1.29, 1.82) is 0 Å². The molecule has 0 bridgehead atoms. The average Bonchev–Trinajstić information content (AvgIpc) is 3.47. The fraction of sp³-hybridized carbons (Fsp3) is 0.280. The van der Waals surface area contributed by atoms with Crippen molar-refractivity contribution in [3.05, 3.63) is 80.4 Å². The summed E-state index contributed by atoms with van der Waals surface area (Å²) < 4.78 is 35.8. The van der Waals surface area contributed by atoms with Gasteiger partial charge >= 0.3 is 6.09 Å². The lowest BCUT2D eigenvalue weighted by Gasteiger charge is -2.29. The van der Waals surface area contributed by atoms with Gasteiger partial charge in [-0.05, 0) is 66.9 Å². The zero-order valence-electron chi connectivity index (χ0n) is 21.3. The lowest BCUT2D eigenvalue weighted by molar-refractivity contribution is -0.384. The van der Waals surface area contributed by atoms with Gasteiger partial charge in [-0.25, -0.2) is 22.9 Å². The van der Waals surface area contributed by atoms with E-state index in [1.165, 1.54) is 28.4 Å². The fourth-order valence-electron chi connectivity index (χ4n) is 3.88. The Morgan fingerprint density at radius 1 is 1.23 bits per heavy atom. The van der Waals surface area contributed by atoms with Gasteiger partial charge in [-0.2, -0.15) is 0 Å². The number of halogens is 1. The van der Waals surface area contributed by atoms with E-state index in [4.69, 9.17) is 4.74 Å². The molecule has 0 radical (unpaired) electrons. The number of fused-ring (bicyclic) bond motifs is 1. The monoisotopic (exact) mass is 635 g/mol. The van der Waals surface area contributed by atoms with Crippen molar-refractivity contribution in [1.82, 2.24) is 14.7 Å². The summed E-state index contributed by atoms with van der Waals surface area (Å²) in [6.07, 6.45) is 2.90. The molecule has 0 fully saturated rings. The third-order valence-electron chi connectivity index (χ3n) is 5.53. The number of aromatic nitrogens is 2. The topological polar surface area (TPSA) is 148 Å². The molecule has 1 atom stereocenters. The number of anilines is 1. The normalized spacial score (nSPS) is 12.8. The molecule has 0 spiro atoms. The van der Waals surface area contributed by atoms with Crippen LogP contribution in [0.5, 0.6) is 0 Å². The number of nitro benzene ring substituents is 1. The van der Waals surface area contributed by atoms with Gasteiger partial charge in [0.25, 0.3) is 5.69 Å². The Hall–Kier alpha value is -3.33. The molecule has 2 aromatic carbocycles. The second-order valence-corrected chi connectivity index (χ2v) is 13.8. The molecule has 2 N–H and O–H groups in total. The molecule has 0 saturated heterocycles.